The second kappa shape index (κ2) is 5.97. The summed E-state index contributed by atoms with van der Waals surface area (Å²) in [5, 5.41) is 18.2. The summed E-state index contributed by atoms with van der Waals surface area (Å²) in [6.07, 6.45) is 3.43. The van der Waals surface area contributed by atoms with Gasteiger partial charge in [-0.05, 0) is 11.8 Å². The fraction of sp³-hybridized carbons (Fsp3) is 0.615. The molecule has 0 radical (unpaired) electrons. The second-order valence-corrected chi connectivity index (χ2v) is 5.78. The van der Waals surface area contributed by atoms with Gasteiger partial charge in [-0.15, -0.1) is 0 Å². The maximum atomic E-state index is 10.7. The summed E-state index contributed by atoms with van der Waals surface area (Å²) >= 11 is 0. The Balaban J connectivity index is 2.85. The van der Waals surface area contributed by atoms with E-state index in [1.165, 1.54) is 12.4 Å². The first-order valence-corrected chi connectivity index (χ1v) is 6.13. The largest absolute Gasteiger partial charge is 0.476 e. The number of rotatable bonds is 5. The lowest BCUT2D eigenvalue weighted by Gasteiger charge is -2.32. The number of aromatic nitrogens is 2. The average molecular weight is 267 g/mol. The summed E-state index contributed by atoms with van der Waals surface area (Å²) in [6.45, 7) is 6.31. The van der Waals surface area contributed by atoms with Gasteiger partial charge in [0.25, 0.3) is 0 Å². The molecule has 1 unspecified atom stereocenters. The first-order chi connectivity index (χ1) is 8.74. The molecule has 0 fully saturated rings. The molecular formula is C13H21N3O3. The number of hydrogen-bond donors (Lipinski definition) is 2. The van der Waals surface area contributed by atoms with E-state index in [9.17, 15) is 9.90 Å². The van der Waals surface area contributed by atoms with E-state index in [0.29, 0.717) is 5.82 Å². The number of carbonyl (C=O) groups is 1. The Morgan fingerprint density at radius 1 is 1.37 bits per heavy atom. The Labute approximate surface area is 113 Å². The zero-order chi connectivity index (χ0) is 14.6. The molecule has 106 valence electrons. The number of nitrogens with zero attached hydrogens (tertiary/aromatic N) is 3. The summed E-state index contributed by atoms with van der Waals surface area (Å²) in [4.78, 5) is 20.4. The van der Waals surface area contributed by atoms with Gasteiger partial charge in [0.1, 0.15) is 5.82 Å². The van der Waals surface area contributed by atoms with Crippen LogP contribution in [0.5, 0.6) is 0 Å². The topological polar surface area (TPSA) is 86.6 Å². The highest BCUT2D eigenvalue weighted by atomic mass is 16.4. The number of aromatic carboxylic acids is 1. The summed E-state index contributed by atoms with van der Waals surface area (Å²) in [5.74, 6) is -0.552. The summed E-state index contributed by atoms with van der Waals surface area (Å²) in [5.41, 5.74) is -0.00988. The third-order valence-corrected chi connectivity index (χ3v) is 2.83. The van der Waals surface area contributed by atoms with Crippen molar-refractivity contribution < 1.29 is 15.0 Å². The van der Waals surface area contributed by atoms with E-state index in [0.717, 1.165) is 6.42 Å². The Bertz CT molecular complexity index is 426. The highest BCUT2D eigenvalue weighted by Crippen LogP contribution is 2.24. The molecule has 1 heterocycles. The SMILES string of the molecule is CN(c1cnc(C(=O)O)cn1)C(CO)CC(C)(C)C. The Morgan fingerprint density at radius 2 is 2.00 bits per heavy atom. The van der Waals surface area contributed by atoms with E-state index in [4.69, 9.17) is 5.11 Å². The number of anilines is 1. The molecular weight excluding hydrogens is 246 g/mol. The van der Waals surface area contributed by atoms with Crippen LogP contribution >= 0.6 is 0 Å². The highest BCUT2D eigenvalue weighted by molar-refractivity contribution is 5.84. The summed E-state index contributed by atoms with van der Waals surface area (Å²) < 4.78 is 0. The van der Waals surface area contributed by atoms with Crippen molar-refractivity contribution in [1.29, 1.82) is 0 Å². The molecule has 0 amide bonds. The van der Waals surface area contributed by atoms with Crippen molar-refractivity contribution in [2.75, 3.05) is 18.6 Å². The smallest absolute Gasteiger partial charge is 0.356 e. The normalized spacial score (nSPS) is 13.1. The van der Waals surface area contributed by atoms with Crippen molar-refractivity contribution in [2.45, 2.75) is 33.2 Å². The van der Waals surface area contributed by atoms with Crippen molar-refractivity contribution >= 4 is 11.8 Å². The maximum absolute atomic E-state index is 10.7. The Kier molecular flexibility index (Phi) is 4.83. The molecule has 0 spiro atoms. The van der Waals surface area contributed by atoms with Crippen molar-refractivity contribution in [3.63, 3.8) is 0 Å². The van der Waals surface area contributed by atoms with Gasteiger partial charge in [0, 0.05) is 7.05 Å². The molecule has 2 N–H and O–H groups in total. The first kappa shape index (κ1) is 15.4. The molecule has 1 aromatic rings. The van der Waals surface area contributed by atoms with Crippen LogP contribution in [0.4, 0.5) is 5.82 Å². The number of hydrogen-bond acceptors (Lipinski definition) is 5. The van der Waals surface area contributed by atoms with Crippen molar-refractivity contribution in [1.82, 2.24) is 9.97 Å². The molecule has 1 rings (SSSR count). The standard InChI is InChI=1S/C13H21N3O3/c1-13(2,3)5-9(8-17)16(4)11-7-14-10(6-15-11)12(18)19/h6-7,9,17H,5,8H2,1-4H3,(H,18,19). The molecule has 6 heteroatoms. The Hall–Kier alpha value is -1.69. The van der Waals surface area contributed by atoms with Crippen LogP contribution in [0, 0.1) is 5.41 Å². The minimum atomic E-state index is -1.10. The van der Waals surface area contributed by atoms with Crippen LogP contribution in [0.25, 0.3) is 0 Å². The third kappa shape index (κ3) is 4.48. The minimum Gasteiger partial charge on any atom is -0.476 e. The molecule has 0 saturated heterocycles. The molecule has 0 saturated carbocycles. The molecule has 1 aromatic heterocycles. The lowest BCUT2D eigenvalue weighted by atomic mass is 9.88. The van der Waals surface area contributed by atoms with Crippen LogP contribution in [0.3, 0.4) is 0 Å². The van der Waals surface area contributed by atoms with Crippen LogP contribution in [-0.2, 0) is 0 Å². The minimum absolute atomic E-state index is 0.0101. The van der Waals surface area contributed by atoms with Gasteiger partial charge in [0.15, 0.2) is 5.69 Å². The molecule has 1 atom stereocenters. The lowest BCUT2D eigenvalue weighted by Crippen LogP contribution is -2.38. The van der Waals surface area contributed by atoms with Crippen LogP contribution in [0.2, 0.25) is 0 Å². The maximum Gasteiger partial charge on any atom is 0.356 e. The zero-order valence-electron chi connectivity index (χ0n) is 11.8. The van der Waals surface area contributed by atoms with Gasteiger partial charge < -0.3 is 15.1 Å². The molecule has 0 aliphatic heterocycles. The van der Waals surface area contributed by atoms with Gasteiger partial charge in [0.05, 0.1) is 25.0 Å². The Morgan fingerprint density at radius 3 is 2.37 bits per heavy atom. The van der Waals surface area contributed by atoms with Gasteiger partial charge in [-0.3, -0.25) is 0 Å². The van der Waals surface area contributed by atoms with Crippen molar-refractivity contribution in [3.8, 4) is 0 Å². The monoisotopic (exact) mass is 267 g/mol. The molecule has 0 bridgehead atoms. The number of aliphatic hydroxyl groups excluding tert-OH is 1. The molecule has 0 aliphatic rings. The molecule has 0 aromatic carbocycles. The fourth-order valence-electron chi connectivity index (χ4n) is 1.83. The number of likely N-dealkylation sites (N-methyl/N-ethyl adjacent to an activating group) is 1. The van der Waals surface area contributed by atoms with Crippen molar-refractivity contribution in [3.05, 3.63) is 18.1 Å². The molecule has 6 nitrogen and oxygen atoms in total. The average Bonchev–Trinajstić information content (AvgIpc) is 2.34. The van der Waals surface area contributed by atoms with Gasteiger partial charge in [0.2, 0.25) is 0 Å². The van der Waals surface area contributed by atoms with Gasteiger partial charge >= 0.3 is 5.97 Å². The first-order valence-electron chi connectivity index (χ1n) is 6.13. The quantitative estimate of drug-likeness (QED) is 0.838. The predicted octanol–water partition coefficient (Wildman–Crippen LogP) is 1.41. The van der Waals surface area contributed by atoms with E-state index in [2.05, 4.69) is 30.7 Å². The van der Waals surface area contributed by atoms with Crippen LogP contribution < -0.4 is 4.90 Å². The van der Waals surface area contributed by atoms with Crippen LogP contribution in [0.15, 0.2) is 12.4 Å². The van der Waals surface area contributed by atoms with E-state index in [1.54, 1.807) is 0 Å². The van der Waals surface area contributed by atoms with Gasteiger partial charge in [-0.2, -0.15) is 0 Å². The second-order valence-electron chi connectivity index (χ2n) is 5.78. The van der Waals surface area contributed by atoms with E-state index in [-0.39, 0.29) is 23.8 Å². The van der Waals surface area contributed by atoms with Crippen LogP contribution in [-0.4, -0.2) is 45.8 Å². The molecule has 19 heavy (non-hydrogen) atoms. The highest BCUT2D eigenvalue weighted by Gasteiger charge is 2.22. The number of carboxylic acid groups (broad SMARTS) is 1. The summed E-state index contributed by atoms with van der Waals surface area (Å²) in [7, 11) is 1.82. The number of carboxylic acids is 1. The molecule has 0 aliphatic carbocycles. The summed E-state index contributed by atoms with van der Waals surface area (Å²) in [6, 6.07) is -0.0787. The number of aliphatic hydroxyl groups is 1. The van der Waals surface area contributed by atoms with E-state index in [1.807, 2.05) is 11.9 Å². The van der Waals surface area contributed by atoms with Gasteiger partial charge in [-0.25, -0.2) is 14.8 Å². The van der Waals surface area contributed by atoms with E-state index < -0.39 is 5.97 Å². The van der Waals surface area contributed by atoms with Crippen LogP contribution in [0.1, 0.15) is 37.7 Å². The predicted molar refractivity (Wildman–Crippen MR) is 72.3 cm³/mol. The van der Waals surface area contributed by atoms with Gasteiger partial charge in [-0.1, -0.05) is 20.8 Å². The van der Waals surface area contributed by atoms with E-state index >= 15 is 0 Å². The van der Waals surface area contributed by atoms with Crippen molar-refractivity contribution in [2.24, 2.45) is 5.41 Å². The third-order valence-electron chi connectivity index (χ3n) is 2.83. The zero-order valence-corrected chi connectivity index (χ0v) is 11.8. The lowest BCUT2D eigenvalue weighted by molar-refractivity contribution is 0.0690. The fourth-order valence-corrected chi connectivity index (χ4v) is 1.83.